The molecule has 0 bridgehead atoms. The largest absolute Gasteiger partial charge is 0.399 e. The zero-order chi connectivity index (χ0) is 20.0. The zero-order valence-electron chi connectivity index (χ0n) is 14.2. The van der Waals surface area contributed by atoms with E-state index in [1.165, 1.54) is 24.3 Å². The van der Waals surface area contributed by atoms with Crippen LogP contribution in [0.4, 0.5) is 18.9 Å². The van der Waals surface area contributed by atoms with E-state index in [0.29, 0.717) is 17.1 Å². The molecule has 1 unspecified atom stereocenters. The van der Waals surface area contributed by atoms with Crippen LogP contribution in [0.1, 0.15) is 24.0 Å². The Kier molecular flexibility index (Phi) is 7.05. The third kappa shape index (κ3) is 6.41. The number of aliphatic imine (C=N–C) groups is 1. The number of anilines is 1. The highest BCUT2D eigenvalue weighted by molar-refractivity contribution is 6.34. The molecule has 8 heteroatoms. The predicted molar refractivity (Wildman–Crippen MR) is 106 cm³/mol. The van der Waals surface area contributed by atoms with Crippen LogP contribution in [-0.4, -0.2) is 18.4 Å². The van der Waals surface area contributed by atoms with Gasteiger partial charge in [0, 0.05) is 15.7 Å². The van der Waals surface area contributed by atoms with Gasteiger partial charge in [-0.1, -0.05) is 47.5 Å². The quantitative estimate of drug-likeness (QED) is 0.411. The van der Waals surface area contributed by atoms with E-state index < -0.39 is 12.1 Å². The van der Waals surface area contributed by atoms with Crippen LogP contribution in [0.25, 0.3) is 6.08 Å². The van der Waals surface area contributed by atoms with Gasteiger partial charge in [0.15, 0.2) is 0 Å². The summed E-state index contributed by atoms with van der Waals surface area (Å²) in [6, 6.07) is 10.7. The smallest absolute Gasteiger partial charge is 0.344 e. The highest BCUT2D eigenvalue weighted by Gasteiger charge is 2.39. The van der Waals surface area contributed by atoms with Crippen molar-refractivity contribution in [2.24, 2.45) is 4.99 Å². The predicted octanol–water partition coefficient (Wildman–Crippen LogP) is 6.79. The number of rotatable bonds is 5. The SMILES string of the molecule is C/C(=N/C=N)Nc1ccc(/C=C/C(c2cc(Cl)cc(Cl)c2)C(F)(F)F)cc1. The molecule has 2 aromatic carbocycles. The normalized spacial score (nSPS) is 13.6. The van der Waals surface area contributed by atoms with Gasteiger partial charge in [0.05, 0.1) is 5.92 Å². The van der Waals surface area contributed by atoms with Crippen molar-refractivity contribution in [3.63, 3.8) is 0 Å². The lowest BCUT2D eigenvalue weighted by Crippen LogP contribution is -2.18. The minimum atomic E-state index is -4.48. The Bertz CT molecular complexity index is 839. The maximum Gasteiger partial charge on any atom is 0.399 e. The van der Waals surface area contributed by atoms with Crippen molar-refractivity contribution in [3.05, 3.63) is 69.7 Å². The summed E-state index contributed by atoms with van der Waals surface area (Å²) < 4.78 is 40.4. The molecule has 2 N–H and O–H groups in total. The molecule has 0 amide bonds. The number of hydrogen-bond donors (Lipinski definition) is 2. The Labute approximate surface area is 165 Å². The van der Waals surface area contributed by atoms with Crippen molar-refractivity contribution in [2.45, 2.75) is 19.0 Å². The van der Waals surface area contributed by atoms with Gasteiger partial charge in [0.25, 0.3) is 0 Å². The molecule has 2 rings (SSSR count). The molecule has 0 aliphatic rings. The highest BCUT2D eigenvalue weighted by atomic mass is 35.5. The van der Waals surface area contributed by atoms with Crippen LogP contribution < -0.4 is 5.32 Å². The lowest BCUT2D eigenvalue weighted by Gasteiger charge is -2.18. The second-order valence-electron chi connectivity index (χ2n) is 5.67. The molecular weight excluding hydrogens is 398 g/mol. The number of nitrogens with one attached hydrogen (secondary N) is 2. The molecule has 0 aromatic heterocycles. The minimum Gasteiger partial charge on any atom is -0.344 e. The van der Waals surface area contributed by atoms with Crippen LogP contribution >= 0.6 is 23.2 Å². The average Bonchev–Trinajstić information content (AvgIpc) is 2.54. The lowest BCUT2D eigenvalue weighted by molar-refractivity contribution is -0.139. The molecule has 0 spiro atoms. The molecule has 3 nitrogen and oxygen atoms in total. The Morgan fingerprint density at radius 2 is 1.70 bits per heavy atom. The van der Waals surface area contributed by atoms with E-state index in [9.17, 15) is 13.2 Å². The van der Waals surface area contributed by atoms with Gasteiger partial charge in [-0.05, 0) is 48.4 Å². The number of benzene rings is 2. The summed E-state index contributed by atoms with van der Waals surface area (Å²) in [5.41, 5.74) is 1.29. The van der Waals surface area contributed by atoms with E-state index in [1.807, 2.05) is 0 Å². The van der Waals surface area contributed by atoms with Crippen LogP contribution in [0.3, 0.4) is 0 Å². The van der Waals surface area contributed by atoms with Crippen molar-refractivity contribution in [3.8, 4) is 0 Å². The van der Waals surface area contributed by atoms with Crippen LogP contribution in [0.5, 0.6) is 0 Å². The number of alkyl halides is 3. The highest BCUT2D eigenvalue weighted by Crippen LogP contribution is 2.38. The van der Waals surface area contributed by atoms with E-state index in [2.05, 4.69) is 10.3 Å². The van der Waals surface area contributed by atoms with Crippen LogP contribution in [-0.2, 0) is 0 Å². The number of amidine groups is 1. The molecule has 0 radical (unpaired) electrons. The first kappa shape index (κ1) is 21.0. The minimum absolute atomic E-state index is 0.0204. The number of allylic oxidation sites excluding steroid dienone is 1. The molecule has 0 saturated heterocycles. The van der Waals surface area contributed by atoms with Crippen molar-refractivity contribution in [1.29, 1.82) is 5.41 Å². The molecule has 2 aromatic rings. The van der Waals surface area contributed by atoms with Gasteiger partial charge in [-0.3, -0.25) is 5.41 Å². The summed E-state index contributed by atoms with van der Waals surface area (Å²) >= 11 is 11.7. The molecule has 0 aliphatic heterocycles. The van der Waals surface area contributed by atoms with E-state index >= 15 is 0 Å². The maximum atomic E-state index is 13.5. The summed E-state index contributed by atoms with van der Waals surface area (Å²) in [6.07, 6.45) is -1.09. The Balaban J connectivity index is 2.24. The molecular formula is C19H16Cl2F3N3. The van der Waals surface area contributed by atoms with Gasteiger partial charge in [-0.25, -0.2) is 4.99 Å². The third-order valence-electron chi connectivity index (χ3n) is 3.57. The van der Waals surface area contributed by atoms with Crippen LogP contribution in [0.15, 0.2) is 53.5 Å². The van der Waals surface area contributed by atoms with E-state index in [0.717, 1.165) is 12.4 Å². The molecule has 0 heterocycles. The van der Waals surface area contributed by atoms with E-state index in [-0.39, 0.29) is 15.6 Å². The van der Waals surface area contributed by atoms with E-state index in [1.54, 1.807) is 31.2 Å². The topological polar surface area (TPSA) is 48.2 Å². The number of hydrogen-bond acceptors (Lipinski definition) is 1. The fraction of sp³-hybridized carbons (Fsp3) is 0.158. The van der Waals surface area contributed by atoms with Gasteiger partial charge in [-0.2, -0.15) is 13.2 Å². The number of halogens is 5. The molecule has 0 aliphatic carbocycles. The first-order valence-corrected chi connectivity index (χ1v) is 8.56. The van der Waals surface area contributed by atoms with Crippen molar-refractivity contribution in [1.82, 2.24) is 0 Å². The Morgan fingerprint density at radius 3 is 2.22 bits per heavy atom. The fourth-order valence-electron chi connectivity index (χ4n) is 2.39. The molecule has 0 fully saturated rings. The van der Waals surface area contributed by atoms with Crippen molar-refractivity contribution < 1.29 is 13.2 Å². The van der Waals surface area contributed by atoms with Gasteiger partial charge >= 0.3 is 6.18 Å². The summed E-state index contributed by atoms with van der Waals surface area (Å²) in [7, 11) is 0. The number of nitrogens with zero attached hydrogens (tertiary/aromatic N) is 1. The second-order valence-corrected chi connectivity index (χ2v) is 6.54. The summed E-state index contributed by atoms with van der Waals surface area (Å²) in [6.45, 7) is 1.70. The monoisotopic (exact) mass is 413 g/mol. The van der Waals surface area contributed by atoms with Crippen LogP contribution in [0, 0.1) is 5.41 Å². The standard InChI is InChI=1S/C19H16Cl2F3N3/c1-12(26-11-25)27-17-5-2-13(3-6-17)4-7-18(19(22,23)24)14-8-15(20)10-16(21)9-14/h2-11,18H,1H3,(H2,25,26,27)/b7-4+. The molecule has 142 valence electrons. The molecule has 0 saturated carbocycles. The van der Waals surface area contributed by atoms with Gasteiger partial charge < -0.3 is 5.32 Å². The first-order chi connectivity index (χ1) is 12.7. The van der Waals surface area contributed by atoms with Crippen molar-refractivity contribution >= 4 is 47.1 Å². The second kappa shape index (κ2) is 9.06. The summed E-state index contributed by atoms with van der Waals surface area (Å²) in [5.74, 6) is -1.29. The van der Waals surface area contributed by atoms with Crippen LogP contribution in [0.2, 0.25) is 10.0 Å². The maximum absolute atomic E-state index is 13.5. The molecule has 1 atom stereocenters. The van der Waals surface area contributed by atoms with Crippen molar-refractivity contribution in [2.75, 3.05) is 5.32 Å². The molecule has 27 heavy (non-hydrogen) atoms. The summed E-state index contributed by atoms with van der Waals surface area (Å²) in [4.78, 5) is 3.76. The average molecular weight is 414 g/mol. The third-order valence-corrected chi connectivity index (χ3v) is 4.01. The van der Waals surface area contributed by atoms with E-state index in [4.69, 9.17) is 28.6 Å². The fourth-order valence-corrected chi connectivity index (χ4v) is 2.93. The lowest BCUT2D eigenvalue weighted by atomic mass is 9.97. The zero-order valence-corrected chi connectivity index (χ0v) is 15.7. The summed E-state index contributed by atoms with van der Waals surface area (Å²) in [5, 5.41) is 10.2. The van der Waals surface area contributed by atoms with Gasteiger partial charge in [0.2, 0.25) is 0 Å². The Hall–Kier alpha value is -2.31. The first-order valence-electron chi connectivity index (χ1n) is 7.80. The van der Waals surface area contributed by atoms with Gasteiger partial charge in [-0.15, -0.1) is 0 Å². The van der Waals surface area contributed by atoms with Gasteiger partial charge in [0.1, 0.15) is 12.2 Å². The Morgan fingerprint density at radius 1 is 1.11 bits per heavy atom.